The number of nitrogens with zero attached hydrogens (tertiary/aromatic N) is 1. The third-order valence-electron chi connectivity index (χ3n) is 5.09. The van der Waals surface area contributed by atoms with E-state index >= 15 is 0 Å². The van der Waals surface area contributed by atoms with Crippen molar-refractivity contribution in [3.05, 3.63) is 48.5 Å². The number of ether oxygens (including phenoxy) is 3. The summed E-state index contributed by atoms with van der Waals surface area (Å²) in [5, 5.41) is 2.76. The summed E-state index contributed by atoms with van der Waals surface area (Å²) in [6, 6.07) is 15.0. The number of hydrogen-bond acceptors (Lipinski definition) is 6. The molecule has 1 heterocycles. The maximum absolute atomic E-state index is 12.0. The molecule has 1 saturated heterocycles. The fourth-order valence-electron chi connectivity index (χ4n) is 3.40. The molecule has 2 aromatic rings. The van der Waals surface area contributed by atoms with E-state index in [1.807, 2.05) is 36.4 Å². The van der Waals surface area contributed by atoms with Gasteiger partial charge in [0.15, 0.2) is 6.61 Å². The summed E-state index contributed by atoms with van der Waals surface area (Å²) < 4.78 is 15.7. The van der Waals surface area contributed by atoms with Crippen molar-refractivity contribution in [2.45, 2.75) is 32.1 Å². The number of amides is 1. The molecule has 3 rings (SSSR count). The third-order valence-corrected chi connectivity index (χ3v) is 5.09. The minimum absolute atomic E-state index is 0.188. The molecule has 31 heavy (non-hydrogen) atoms. The molecule has 0 atom stereocenters. The van der Waals surface area contributed by atoms with Crippen molar-refractivity contribution >= 4 is 23.3 Å². The molecule has 0 saturated carbocycles. The highest BCUT2D eigenvalue weighted by Crippen LogP contribution is 2.22. The first-order chi connectivity index (χ1) is 15.1. The Balaban J connectivity index is 1.30. The monoisotopic (exact) mass is 426 g/mol. The van der Waals surface area contributed by atoms with Gasteiger partial charge >= 0.3 is 5.97 Å². The molecule has 2 aromatic carbocycles. The molecule has 0 unspecified atom stereocenters. The lowest BCUT2D eigenvalue weighted by molar-refractivity contribution is -0.147. The second-order valence-corrected chi connectivity index (χ2v) is 7.43. The summed E-state index contributed by atoms with van der Waals surface area (Å²) in [6.45, 7) is 2.24. The van der Waals surface area contributed by atoms with E-state index in [1.165, 1.54) is 24.9 Å². The number of methoxy groups -OCH3 is 1. The predicted octanol–water partition coefficient (Wildman–Crippen LogP) is 4.03. The number of hydrogen-bond donors (Lipinski definition) is 1. The summed E-state index contributed by atoms with van der Waals surface area (Å²) >= 11 is 0. The molecule has 7 nitrogen and oxygen atoms in total. The molecule has 166 valence electrons. The lowest BCUT2D eigenvalue weighted by Crippen LogP contribution is -2.29. The summed E-state index contributed by atoms with van der Waals surface area (Å²) in [5.74, 6) is 0.689. The van der Waals surface area contributed by atoms with Gasteiger partial charge in [-0.1, -0.05) is 0 Å². The molecule has 1 N–H and O–H groups in total. The Kier molecular flexibility index (Phi) is 8.58. The van der Waals surface area contributed by atoms with E-state index in [9.17, 15) is 9.59 Å². The molecule has 0 spiro atoms. The number of esters is 1. The van der Waals surface area contributed by atoms with Gasteiger partial charge in [-0.15, -0.1) is 0 Å². The zero-order valence-corrected chi connectivity index (χ0v) is 18.0. The Hall–Kier alpha value is -3.22. The van der Waals surface area contributed by atoms with E-state index in [0.717, 1.165) is 18.8 Å². The largest absolute Gasteiger partial charge is 0.497 e. The van der Waals surface area contributed by atoms with Gasteiger partial charge in [-0.2, -0.15) is 0 Å². The topological polar surface area (TPSA) is 77.1 Å². The van der Waals surface area contributed by atoms with Gasteiger partial charge < -0.3 is 24.4 Å². The normalized spacial score (nSPS) is 13.4. The summed E-state index contributed by atoms with van der Waals surface area (Å²) in [6.07, 6.45) is 4.42. The van der Waals surface area contributed by atoms with E-state index in [2.05, 4.69) is 10.2 Å². The van der Waals surface area contributed by atoms with Gasteiger partial charge in [0.25, 0.3) is 5.91 Å². The number of benzene rings is 2. The fourth-order valence-corrected chi connectivity index (χ4v) is 3.40. The fraction of sp³-hybridized carbons (Fsp3) is 0.417. The van der Waals surface area contributed by atoms with Crippen molar-refractivity contribution < 1.29 is 23.8 Å². The Labute approximate surface area is 183 Å². The average Bonchev–Trinajstić information content (AvgIpc) is 2.82. The van der Waals surface area contributed by atoms with Crippen molar-refractivity contribution in [2.24, 2.45) is 0 Å². The maximum Gasteiger partial charge on any atom is 0.306 e. The second kappa shape index (κ2) is 11.8. The molecule has 0 bridgehead atoms. The second-order valence-electron chi connectivity index (χ2n) is 7.43. The van der Waals surface area contributed by atoms with Crippen LogP contribution in [0, 0.1) is 0 Å². The zero-order valence-electron chi connectivity index (χ0n) is 18.0. The minimum atomic E-state index is -0.422. The molecular weight excluding hydrogens is 396 g/mol. The predicted molar refractivity (Wildman–Crippen MR) is 120 cm³/mol. The molecule has 0 aliphatic carbocycles. The minimum Gasteiger partial charge on any atom is -0.497 e. The standard InChI is InChI=1S/C24H30N2O5/c1-29-21-11-13-22(14-12-21)30-17-5-6-24(28)31-18-23(27)25-19-7-9-20(10-8-19)26-15-3-2-4-16-26/h7-14H,2-6,15-18H2,1H3,(H,25,27). The van der Waals surface area contributed by atoms with Gasteiger partial charge in [-0.25, -0.2) is 0 Å². The lowest BCUT2D eigenvalue weighted by atomic mass is 10.1. The number of carbonyl (C=O) groups is 2. The number of anilines is 2. The first-order valence-corrected chi connectivity index (χ1v) is 10.7. The molecule has 7 heteroatoms. The SMILES string of the molecule is COc1ccc(OCCCC(=O)OCC(=O)Nc2ccc(N3CCCCC3)cc2)cc1. The van der Waals surface area contributed by atoms with Crippen LogP contribution in [0.4, 0.5) is 11.4 Å². The number of carbonyl (C=O) groups excluding carboxylic acids is 2. The molecule has 1 aliphatic rings. The Morgan fingerprint density at radius 3 is 2.29 bits per heavy atom. The van der Waals surface area contributed by atoms with E-state index in [0.29, 0.717) is 24.5 Å². The van der Waals surface area contributed by atoms with Crippen LogP contribution in [0.15, 0.2) is 48.5 Å². The van der Waals surface area contributed by atoms with Crippen molar-refractivity contribution in [1.29, 1.82) is 0 Å². The quantitative estimate of drug-likeness (QED) is 0.457. The molecule has 0 radical (unpaired) electrons. The van der Waals surface area contributed by atoms with Crippen molar-refractivity contribution in [2.75, 3.05) is 43.6 Å². The van der Waals surface area contributed by atoms with Gasteiger partial charge in [0.1, 0.15) is 11.5 Å². The van der Waals surface area contributed by atoms with Crippen LogP contribution in [-0.4, -0.2) is 45.3 Å². The van der Waals surface area contributed by atoms with E-state index in [4.69, 9.17) is 14.2 Å². The molecular formula is C24H30N2O5. The Morgan fingerprint density at radius 2 is 1.61 bits per heavy atom. The van der Waals surface area contributed by atoms with E-state index < -0.39 is 5.97 Å². The van der Waals surface area contributed by atoms with Crippen LogP contribution in [0.5, 0.6) is 11.5 Å². The van der Waals surface area contributed by atoms with Crippen LogP contribution >= 0.6 is 0 Å². The average molecular weight is 427 g/mol. The number of nitrogens with one attached hydrogen (secondary N) is 1. The van der Waals surface area contributed by atoms with Crippen LogP contribution in [0.2, 0.25) is 0 Å². The Morgan fingerprint density at radius 1 is 0.935 bits per heavy atom. The maximum atomic E-state index is 12.0. The molecule has 1 fully saturated rings. The van der Waals surface area contributed by atoms with Gasteiger partial charge in [0.05, 0.1) is 13.7 Å². The van der Waals surface area contributed by atoms with Crippen molar-refractivity contribution in [1.82, 2.24) is 0 Å². The summed E-state index contributed by atoms with van der Waals surface area (Å²) in [4.78, 5) is 26.2. The van der Waals surface area contributed by atoms with E-state index in [1.54, 1.807) is 19.2 Å². The first-order valence-electron chi connectivity index (χ1n) is 10.7. The highest BCUT2D eigenvalue weighted by Gasteiger charge is 2.12. The number of rotatable bonds is 10. The van der Waals surface area contributed by atoms with Crippen LogP contribution < -0.4 is 19.7 Å². The highest BCUT2D eigenvalue weighted by atomic mass is 16.5. The van der Waals surface area contributed by atoms with Crippen LogP contribution in [0.3, 0.4) is 0 Å². The van der Waals surface area contributed by atoms with Crippen LogP contribution in [0.25, 0.3) is 0 Å². The smallest absolute Gasteiger partial charge is 0.306 e. The van der Waals surface area contributed by atoms with Gasteiger partial charge in [-0.05, 0) is 74.2 Å². The van der Waals surface area contributed by atoms with Gasteiger partial charge in [0, 0.05) is 30.9 Å². The van der Waals surface area contributed by atoms with Gasteiger partial charge in [0.2, 0.25) is 0 Å². The zero-order chi connectivity index (χ0) is 21.9. The lowest BCUT2D eigenvalue weighted by Gasteiger charge is -2.28. The summed E-state index contributed by atoms with van der Waals surface area (Å²) in [5.41, 5.74) is 1.86. The number of piperidine rings is 1. The van der Waals surface area contributed by atoms with Crippen molar-refractivity contribution in [3.8, 4) is 11.5 Å². The first kappa shape index (κ1) is 22.5. The van der Waals surface area contributed by atoms with Crippen LogP contribution in [-0.2, 0) is 14.3 Å². The van der Waals surface area contributed by atoms with E-state index in [-0.39, 0.29) is 18.9 Å². The third kappa shape index (κ3) is 7.51. The molecule has 1 amide bonds. The van der Waals surface area contributed by atoms with Crippen LogP contribution in [0.1, 0.15) is 32.1 Å². The Bertz CT molecular complexity index is 830. The summed E-state index contributed by atoms with van der Waals surface area (Å²) in [7, 11) is 1.61. The molecule has 1 aliphatic heterocycles. The highest BCUT2D eigenvalue weighted by molar-refractivity contribution is 5.92. The van der Waals surface area contributed by atoms with Crippen molar-refractivity contribution in [3.63, 3.8) is 0 Å². The molecule has 0 aromatic heterocycles. The van der Waals surface area contributed by atoms with Gasteiger partial charge in [-0.3, -0.25) is 9.59 Å².